The van der Waals surface area contributed by atoms with Crippen molar-refractivity contribution in [2.24, 2.45) is 0 Å². The van der Waals surface area contributed by atoms with Gasteiger partial charge in [0.15, 0.2) is 0 Å². The SMILES string of the molecule is O=C(c1cn2cc(F)ccc2n1)N1CCC(c2nc3ccc(F)cc3[nH]2)CC1. The number of hydrogen-bond donors (Lipinski definition) is 1. The standard InChI is InChI=1S/C20H17F2N5O/c21-13-1-3-15-16(9-13)25-19(24-15)12-5-7-26(8-6-12)20(28)17-11-27-10-14(22)2-4-18(27)23-17/h1-4,9-12H,5-8H2,(H,24,25). The van der Waals surface area contributed by atoms with E-state index in [0.717, 1.165) is 24.2 Å². The Hall–Kier alpha value is -3.29. The van der Waals surface area contributed by atoms with Crippen molar-refractivity contribution in [2.75, 3.05) is 13.1 Å². The van der Waals surface area contributed by atoms with E-state index in [1.165, 1.54) is 28.8 Å². The molecule has 3 aromatic heterocycles. The molecule has 1 aliphatic heterocycles. The maximum Gasteiger partial charge on any atom is 0.274 e. The molecule has 4 heterocycles. The van der Waals surface area contributed by atoms with Crippen molar-refractivity contribution in [3.05, 3.63) is 65.9 Å². The van der Waals surface area contributed by atoms with Crippen molar-refractivity contribution in [1.29, 1.82) is 0 Å². The number of nitrogens with zero attached hydrogens (tertiary/aromatic N) is 4. The van der Waals surface area contributed by atoms with Gasteiger partial charge in [-0.2, -0.15) is 0 Å². The van der Waals surface area contributed by atoms with Gasteiger partial charge < -0.3 is 14.3 Å². The fourth-order valence-corrected chi connectivity index (χ4v) is 3.78. The molecule has 28 heavy (non-hydrogen) atoms. The largest absolute Gasteiger partial charge is 0.342 e. The molecule has 142 valence electrons. The number of amides is 1. The van der Waals surface area contributed by atoms with Crippen LogP contribution in [-0.4, -0.2) is 43.2 Å². The fraction of sp³-hybridized carbons (Fsp3) is 0.250. The lowest BCUT2D eigenvalue weighted by molar-refractivity contribution is 0.0706. The zero-order valence-corrected chi connectivity index (χ0v) is 14.9. The Morgan fingerprint density at radius 1 is 1.04 bits per heavy atom. The summed E-state index contributed by atoms with van der Waals surface area (Å²) in [7, 11) is 0. The molecule has 8 heteroatoms. The summed E-state index contributed by atoms with van der Waals surface area (Å²) in [5.41, 5.74) is 2.27. The Balaban J connectivity index is 1.30. The van der Waals surface area contributed by atoms with Crippen LogP contribution in [0, 0.1) is 11.6 Å². The number of aromatic amines is 1. The van der Waals surface area contributed by atoms with Gasteiger partial charge in [-0.1, -0.05) is 0 Å². The van der Waals surface area contributed by atoms with Crippen LogP contribution >= 0.6 is 0 Å². The number of nitrogens with one attached hydrogen (secondary N) is 1. The molecule has 6 nitrogen and oxygen atoms in total. The average Bonchev–Trinajstić information content (AvgIpc) is 3.30. The molecule has 0 saturated carbocycles. The topological polar surface area (TPSA) is 66.3 Å². The van der Waals surface area contributed by atoms with E-state index >= 15 is 0 Å². The molecule has 1 fully saturated rings. The summed E-state index contributed by atoms with van der Waals surface area (Å²) in [6, 6.07) is 7.37. The van der Waals surface area contributed by atoms with Crippen molar-refractivity contribution in [3.8, 4) is 0 Å². The van der Waals surface area contributed by atoms with E-state index in [1.807, 2.05) is 0 Å². The van der Waals surface area contributed by atoms with E-state index in [9.17, 15) is 13.6 Å². The molecule has 0 radical (unpaired) electrons. The Labute approximate surface area is 158 Å². The number of likely N-dealkylation sites (tertiary alicyclic amines) is 1. The molecule has 5 rings (SSSR count). The van der Waals surface area contributed by atoms with Gasteiger partial charge in [0, 0.05) is 31.4 Å². The number of rotatable bonds is 2. The normalized spacial score (nSPS) is 15.6. The first-order valence-corrected chi connectivity index (χ1v) is 9.15. The lowest BCUT2D eigenvalue weighted by atomic mass is 9.96. The first-order chi connectivity index (χ1) is 13.6. The summed E-state index contributed by atoms with van der Waals surface area (Å²) in [4.78, 5) is 26.6. The molecule has 0 bridgehead atoms. The third-order valence-electron chi connectivity index (χ3n) is 5.27. The molecule has 1 amide bonds. The number of imidazole rings is 2. The van der Waals surface area contributed by atoms with Gasteiger partial charge in [-0.3, -0.25) is 4.79 Å². The molecule has 1 aromatic carbocycles. The van der Waals surface area contributed by atoms with Crippen molar-refractivity contribution >= 4 is 22.6 Å². The summed E-state index contributed by atoms with van der Waals surface area (Å²) in [6.07, 6.45) is 4.38. The number of pyridine rings is 1. The summed E-state index contributed by atoms with van der Waals surface area (Å²) in [5.74, 6) is 0.186. The molecule has 1 aliphatic rings. The van der Waals surface area contributed by atoms with Gasteiger partial charge in [0.2, 0.25) is 0 Å². The van der Waals surface area contributed by atoms with Gasteiger partial charge in [0.1, 0.15) is 28.8 Å². The predicted molar refractivity (Wildman–Crippen MR) is 99.1 cm³/mol. The summed E-state index contributed by atoms with van der Waals surface area (Å²) < 4.78 is 28.2. The Morgan fingerprint density at radius 2 is 1.82 bits per heavy atom. The number of fused-ring (bicyclic) bond motifs is 2. The van der Waals surface area contributed by atoms with Crippen LogP contribution in [0.2, 0.25) is 0 Å². The van der Waals surface area contributed by atoms with Crippen molar-refractivity contribution < 1.29 is 13.6 Å². The monoisotopic (exact) mass is 381 g/mol. The number of benzene rings is 1. The Kier molecular flexibility index (Phi) is 3.85. The van der Waals surface area contributed by atoms with Crippen LogP contribution < -0.4 is 0 Å². The molecule has 1 N–H and O–H groups in total. The second kappa shape index (κ2) is 6.40. The second-order valence-electron chi connectivity index (χ2n) is 7.09. The van der Waals surface area contributed by atoms with Gasteiger partial charge in [0.25, 0.3) is 5.91 Å². The highest BCUT2D eigenvalue weighted by Gasteiger charge is 2.27. The first kappa shape index (κ1) is 16.9. The minimum Gasteiger partial charge on any atom is -0.342 e. The van der Waals surface area contributed by atoms with Crippen molar-refractivity contribution in [1.82, 2.24) is 24.3 Å². The molecular weight excluding hydrogens is 364 g/mol. The van der Waals surface area contributed by atoms with Crippen LogP contribution in [0.15, 0.2) is 42.7 Å². The number of piperidine rings is 1. The van der Waals surface area contributed by atoms with Gasteiger partial charge in [0.05, 0.1) is 11.0 Å². The van der Waals surface area contributed by atoms with E-state index in [0.29, 0.717) is 29.9 Å². The van der Waals surface area contributed by atoms with Crippen LogP contribution in [-0.2, 0) is 0 Å². The lowest BCUT2D eigenvalue weighted by Gasteiger charge is -2.30. The number of H-pyrrole nitrogens is 1. The van der Waals surface area contributed by atoms with Gasteiger partial charge in [-0.15, -0.1) is 0 Å². The van der Waals surface area contributed by atoms with E-state index in [1.54, 1.807) is 23.2 Å². The average molecular weight is 381 g/mol. The van der Waals surface area contributed by atoms with Crippen molar-refractivity contribution in [2.45, 2.75) is 18.8 Å². The number of hydrogen-bond acceptors (Lipinski definition) is 3. The molecule has 0 atom stereocenters. The fourth-order valence-electron chi connectivity index (χ4n) is 3.78. The van der Waals surface area contributed by atoms with Crippen LogP contribution in [0.4, 0.5) is 8.78 Å². The highest BCUT2D eigenvalue weighted by atomic mass is 19.1. The number of aromatic nitrogens is 4. The summed E-state index contributed by atoms with van der Waals surface area (Å²) >= 11 is 0. The molecule has 4 aromatic rings. The van der Waals surface area contributed by atoms with Crippen LogP contribution in [0.1, 0.15) is 35.1 Å². The minimum atomic E-state index is -0.379. The summed E-state index contributed by atoms with van der Waals surface area (Å²) in [6.45, 7) is 1.16. The molecule has 0 unspecified atom stereocenters. The smallest absolute Gasteiger partial charge is 0.274 e. The Bertz CT molecular complexity index is 1190. The highest BCUT2D eigenvalue weighted by Crippen LogP contribution is 2.28. The molecular formula is C20H17F2N5O. The minimum absolute atomic E-state index is 0.158. The van der Waals surface area contributed by atoms with E-state index in [-0.39, 0.29) is 23.5 Å². The van der Waals surface area contributed by atoms with Gasteiger partial charge in [-0.25, -0.2) is 18.7 Å². The van der Waals surface area contributed by atoms with E-state index in [4.69, 9.17) is 0 Å². The van der Waals surface area contributed by atoms with Crippen LogP contribution in [0.3, 0.4) is 0 Å². The zero-order valence-electron chi connectivity index (χ0n) is 14.9. The maximum atomic E-state index is 13.4. The molecule has 1 saturated heterocycles. The quantitative estimate of drug-likeness (QED) is 0.578. The third kappa shape index (κ3) is 2.90. The zero-order chi connectivity index (χ0) is 19.3. The summed E-state index contributed by atoms with van der Waals surface area (Å²) in [5, 5.41) is 0. The van der Waals surface area contributed by atoms with Crippen LogP contribution in [0.5, 0.6) is 0 Å². The third-order valence-corrected chi connectivity index (χ3v) is 5.27. The number of carbonyl (C=O) groups is 1. The number of carbonyl (C=O) groups excluding carboxylic acids is 1. The van der Waals surface area contributed by atoms with E-state index < -0.39 is 0 Å². The maximum absolute atomic E-state index is 13.4. The molecule has 0 spiro atoms. The highest BCUT2D eigenvalue weighted by molar-refractivity contribution is 5.93. The number of halogens is 2. The van der Waals surface area contributed by atoms with Gasteiger partial charge in [-0.05, 0) is 43.2 Å². The van der Waals surface area contributed by atoms with Crippen LogP contribution in [0.25, 0.3) is 16.7 Å². The first-order valence-electron chi connectivity index (χ1n) is 9.15. The Morgan fingerprint density at radius 3 is 2.64 bits per heavy atom. The van der Waals surface area contributed by atoms with Crippen molar-refractivity contribution in [3.63, 3.8) is 0 Å². The lowest BCUT2D eigenvalue weighted by Crippen LogP contribution is -2.38. The van der Waals surface area contributed by atoms with E-state index in [2.05, 4.69) is 15.0 Å². The predicted octanol–water partition coefficient (Wildman–Crippen LogP) is 3.51. The second-order valence-corrected chi connectivity index (χ2v) is 7.09. The molecule has 0 aliphatic carbocycles. The van der Waals surface area contributed by atoms with Gasteiger partial charge >= 0.3 is 0 Å².